The summed E-state index contributed by atoms with van der Waals surface area (Å²) in [6, 6.07) is 11.7. The van der Waals surface area contributed by atoms with Gasteiger partial charge in [-0.05, 0) is 97.7 Å². The van der Waals surface area contributed by atoms with E-state index in [1.54, 1.807) is 36.4 Å². The summed E-state index contributed by atoms with van der Waals surface area (Å²) >= 11 is 0. The van der Waals surface area contributed by atoms with E-state index in [2.05, 4.69) is 13.5 Å². The van der Waals surface area contributed by atoms with Crippen molar-refractivity contribution in [1.29, 1.82) is 0 Å². The Kier molecular flexibility index (Phi) is 9.60. The second-order valence-corrected chi connectivity index (χ2v) is 10.8. The molecule has 0 heterocycles. The fraction of sp³-hybridized carbons (Fsp3) is 0.531. The molecule has 0 radical (unpaired) electrons. The third-order valence-corrected chi connectivity index (χ3v) is 8.27. The molecule has 2 fully saturated rings. The predicted octanol–water partition coefficient (Wildman–Crippen LogP) is 8.88. The zero-order chi connectivity index (χ0) is 25.3. The molecular weight excluding hydrogens is 451 g/mol. The largest absolute Gasteiger partial charge is 0.490 e. The van der Waals surface area contributed by atoms with Crippen molar-refractivity contribution in [1.82, 2.24) is 0 Å². The number of ether oxygens (including phenoxy) is 2. The van der Waals surface area contributed by atoms with Crippen LogP contribution in [0.4, 0.5) is 4.39 Å². The number of carbonyl (C=O) groups excluding carboxylic acids is 1. The number of fused-ring (bicyclic) bond motifs is 1. The first-order valence-electron chi connectivity index (χ1n) is 13.9. The maximum absolute atomic E-state index is 15.2. The van der Waals surface area contributed by atoms with E-state index in [1.165, 1.54) is 63.9 Å². The highest BCUT2D eigenvalue weighted by atomic mass is 19.1. The van der Waals surface area contributed by atoms with Crippen LogP contribution >= 0.6 is 0 Å². The zero-order valence-electron chi connectivity index (χ0n) is 21.7. The van der Waals surface area contributed by atoms with E-state index in [9.17, 15) is 4.79 Å². The molecule has 2 aromatic rings. The second-order valence-electron chi connectivity index (χ2n) is 10.8. The third-order valence-electron chi connectivity index (χ3n) is 8.27. The summed E-state index contributed by atoms with van der Waals surface area (Å²) in [5, 5.41) is 0. The minimum Gasteiger partial charge on any atom is -0.490 e. The lowest BCUT2D eigenvalue weighted by atomic mass is 9.63. The first kappa shape index (κ1) is 26.4. The Morgan fingerprint density at radius 3 is 2.47 bits per heavy atom. The third kappa shape index (κ3) is 6.99. The van der Waals surface area contributed by atoms with Crippen LogP contribution in [0.2, 0.25) is 0 Å². The van der Waals surface area contributed by atoms with Crippen LogP contribution in [0.1, 0.15) is 99.4 Å². The molecule has 2 saturated carbocycles. The van der Waals surface area contributed by atoms with E-state index in [4.69, 9.17) is 9.47 Å². The standard InChI is InChI=1S/C32H41FO3/c1-3-5-6-7-8-23-9-10-25-21-26(12-11-24(25)20-23)30-18-13-27(22-31(30)33)32(34)36-29-16-14-28(15-17-29)35-19-4-2/h4,13-18,22-26H,2-3,5-12,19-21H2,1H3. The van der Waals surface area contributed by atoms with Gasteiger partial charge in [0.15, 0.2) is 0 Å². The molecule has 4 unspecified atom stereocenters. The molecule has 36 heavy (non-hydrogen) atoms. The van der Waals surface area contributed by atoms with Crippen LogP contribution in [-0.2, 0) is 0 Å². The highest BCUT2D eigenvalue weighted by Crippen LogP contribution is 2.48. The first-order valence-corrected chi connectivity index (χ1v) is 13.9. The topological polar surface area (TPSA) is 35.5 Å². The monoisotopic (exact) mass is 492 g/mol. The van der Waals surface area contributed by atoms with E-state index in [0.717, 1.165) is 36.2 Å². The molecule has 2 aliphatic rings. The lowest BCUT2D eigenvalue weighted by Gasteiger charge is -2.42. The van der Waals surface area contributed by atoms with Crippen LogP contribution in [0.15, 0.2) is 55.1 Å². The number of esters is 1. The molecule has 2 aliphatic carbocycles. The highest BCUT2D eigenvalue weighted by Gasteiger charge is 2.36. The van der Waals surface area contributed by atoms with Crippen LogP contribution < -0.4 is 9.47 Å². The Hall–Kier alpha value is -2.62. The van der Waals surface area contributed by atoms with Crippen LogP contribution in [-0.4, -0.2) is 12.6 Å². The zero-order valence-corrected chi connectivity index (χ0v) is 21.7. The van der Waals surface area contributed by atoms with Crippen molar-refractivity contribution in [2.45, 2.75) is 83.5 Å². The summed E-state index contributed by atoms with van der Waals surface area (Å²) in [6.45, 7) is 6.30. The number of carbonyl (C=O) groups is 1. The highest BCUT2D eigenvalue weighted by molar-refractivity contribution is 5.91. The minimum absolute atomic E-state index is 0.237. The van der Waals surface area contributed by atoms with Gasteiger partial charge in [-0.2, -0.15) is 0 Å². The number of unbranched alkanes of at least 4 members (excludes halogenated alkanes) is 3. The van der Waals surface area contributed by atoms with Gasteiger partial charge in [0.1, 0.15) is 23.9 Å². The van der Waals surface area contributed by atoms with E-state index in [1.807, 2.05) is 6.07 Å². The number of benzene rings is 2. The molecule has 2 aromatic carbocycles. The van der Waals surface area contributed by atoms with E-state index in [0.29, 0.717) is 18.1 Å². The molecule has 0 spiro atoms. The van der Waals surface area contributed by atoms with Crippen molar-refractivity contribution in [3.63, 3.8) is 0 Å². The van der Waals surface area contributed by atoms with Gasteiger partial charge >= 0.3 is 5.97 Å². The molecule has 0 saturated heterocycles. The van der Waals surface area contributed by atoms with Crippen molar-refractivity contribution in [2.24, 2.45) is 17.8 Å². The van der Waals surface area contributed by atoms with Gasteiger partial charge in [0, 0.05) is 0 Å². The summed E-state index contributed by atoms with van der Waals surface area (Å²) < 4.78 is 26.0. The lowest BCUT2D eigenvalue weighted by Crippen LogP contribution is -2.30. The quantitative estimate of drug-likeness (QED) is 0.136. The Bertz CT molecular complexity index is 999. The van der Waals surface area contributed by atoms with Crippen molar-refractivity contribution in [3.8, 4) is 11.5 Å². The smallest absolute Gasteiger partial charge is 0.343 e. The fourth-order valence-corrected chi connectivity index (χ4v) is 6.30. The van der Waals surface area contributed by atoms with Gasteiger partial charge in [-0.15, -0.1) is 0 Å². The summed E-state index contributed by atoms with van der Waals surface area (Å²) in [4.78, 5) is 12.6. The average molecular weight is 493 g/mol. The van der Waals surface area contributed by atoms with E-state index >= 15 is 4.39 Å². The molecule has 0 aromatic heterocycles. The van der Waals surface area contributed by atoms with Crippen LogP contribution in [0, 0.1) is 23.6 Å². The summed E-state index contributed by atoms with van der Waals surface area (Å²) in [7, 11) is 0. The van der Waals surface area contributed by atoms with Gasteiger partial charge in [-0.1, -0.05) is 64.2 Å². The van der Waals surface area contributed by atoms with Crippen molar-refractivity contribution in [3.05, 3.63) is 72.1 Å². The molecule has 0 amide bonds. The number of halogens is 1. The van der Waals surface area contributed by atoms with Gasteiger partial charge in [0.05, 0.1) is 5.56 Å². The summed E-state index contributed by atoms with van der Waals surface area (Å²) in [5.74, 6) is 2.91. The maximum atomic E-state index is 15.2. The van der Waals surface area contributed by atoms with Crippen LogP contribution in [0.5, 0.6) is 11.5 Å². The maximum Gasteiger partial charge on any atom is 0.343 e. The normalized spacial score (nSPS) is 23.5. The summed E-state index contributed by atoms with van der Waals surface area (Å²) in [5.41, 5.74) is 0.996. The van der Waals surface area contributed by atoms with Crippen molar-refractivity contribution >= 4 is 5.97 Å². The Morgan fingerprint density at radius 2 is 1.72 bits per heavy atom. The van der Waals surface area contributed by atoms with Gasteiger partial charge < -0.3 is 9.47 Å². The SMILES string of the molecule is C=CCOc1ccc(OC(=O)c2ccc(C3CCC4CC(CCCCCC)CCC4C3)c(F)c2)cc1. The predicted molar refractivity (Wildman–Crippen MR) is 143 cm³/mol. The first-order chi connectivity index (χ1) is 17.6. The molecule has 3 nitrogen and oxygen atoms in total. The van der Waals surface area contributed by atoms with Crippen molar-refractivity contribution < 1.29 is 18.7 Å². The fourth-order valence-electron chi connectivity index (χ4n) is 6.30. The molecule has 4 atom stereocenters. The average Bonchev–Trinajstić information content (AvgIpc) is 2.90. The van der Waals surface area contributed by atoms with Gasteiger partial charge in [0.25, 0.3) is 0 Å². The molecule has 194 valence electrons. The molecule has 0 N–H and O–H groups in total. The van der Waals surface area contributed by atoms with Crippen molar-refractivity contribution in [2.75, 3.05) is 6.61 Å². The van der Waals surface area contributed by atoms with Crippen LogP contribution in [0.25, 0.3) is 0 Å². The molecule has 4 heteroatoms. The molecule has 0 aliphatic heterocycles. The molecule has 0 bridgehead atoms. The molecular formula is C32H41FO3. The second kappa shape index (κ2) is 13.1. The van der Waals surface area contributed by atoms with Gasteiger partial charge in [0.2, 0.25) is 0 Å². The van der Waals surface area contributed by atoms with E-state index < -0.39 is 5.97 Å². The van der Waals surface area contributed by atoms with Gasteiger partial charge in [-0.25, -0.2) is 9.18 Å². The van der Waals surface area contributed by atoms with Crippen LogP contribution in [0.3, 0.4) is 0 Å². The Balaban J connectivity index is 1.30. The lowest BCUT2D eigenvalue weighted by molar-refractivity contribution is 0.0734. The number of hydrogen-bond acceptors (Lipinski definition) is 3. The summed E-state index contributed by atoms with van der Waals surface area (Å²) in [6.07, 6.45) is 15.8. The number of hydrogen-bond donors (Lipinski definition) is 0. The Morgan fingerprint density at radius 1 is 0.972 bits per heavy atom. The molecule has 4 rings (SSSR count). The Labute approximate surface area is 216 Å². The minimum atomic E-state index is -0.554. The van der Waals surface area contributed by atoms with E-state index in [-0.39, 0.29) is 17.3 Å². The van der Waals surface area contributed by atoms with Gasteiger partial charge in [-0.3, -0.25) is 0 Å². The number of rotatable bonds is 11.